The van der Waals surface area contributed by atoms with Crippen LogP contribution in [0.25, 0.3) is 0 Å². The van der Waals surface area contributed by atoms with Crippen LogP contribution in [0.1, 0.15) is 72.2 Å². The second-order valence-corrected chi connectivity index (χ2v) is 10.1. The number of ether oxygens (including phenoxy) is 1. The molecule has 34 heavy (non-hydrogen) atoms. The molecule has 0 atom stereocenters. The number of benzene rings is 3. The van der Waals surface area contributed by atoms with Crippen LogP contribution in [0.2, 0.25) is 0 Å². The Kier molecular flexibility index (Phi) is 7.29. The van der Waals surface area contributed by atoms with E-state index in [4.69, 9.17) is 4.74 Å². The maximum atomic E-state index is 11.3. The summed E-state index contributed by atoms with van der Waals surface area (Å²) in [7, 11) is 1.61. The van der Waals surface area contributed by atoms with Crippen molar-refractivity contribution in [3.8, 4) is 5.75 Å². The zero-order chi connectivity index (χ0) is 25.3. The van der Waals surface area contributed by atoms with E-state index in [-0.39, 0.29) is 23.2 Å². The summed E-state index contributed by atoms with van der Waals surface area (Å²) in [6.45, 7) is 12.5. The van der Waals surface area contributed by atoms with E-state index in [0.29, 0.717) is 17.9 Å². The fourth-order valence-corrected chi connectivity index (χ4v) is 4.58. The summed E-state index contributed by atoms with van der Waals surface area (Å²) in [4.78, 5) is 11.3. The predicted molar refractivity (Wildman–Crippen MR) is 137 cm³/mol. The first kappa shape index (κ1) is 25.6. The SMILES string of the molecule is COCc1cc(C(C)(C)c2ccc(C(C)(C)c3cc(C)c(O)c(CO)c3)cc2)cc(C)c1N=O. The molecule has 0 aromatic heterocycles. The third-order valence-corrected chi connectivity index (χ3v) is 7.09. The number of rotatable bonds is 8. The third-order valence-electron chi connectivity index (χ3n) is 7.09. The van der Waals surface area contributed by atoms with Gasteiger partial charge in [0.25, 0.3) is 0 Å². The molecule has 3 rings (SSSR count). The van der Waals surface area contributed by atoms with Crippen molar-refractivity contribution in [2.75, 3.05) is 7.11 Å². The highest BCUT2D eigenvalue weighted by Gasteiger charge is 2.28. The molecule has 0 bridgehead atoms. The van der Waals surface area contributed by atoms with Crippen molar-refractivity contribution in [1.82, 2.24) is 0 Å². The van der Waals surface area contributed by atoms with Gasteiger partial charge in [0, 0.05) is 29.1 Å². The van der Waals surface area contributed by atoms with Gasteiger partial charge in [0.2, 0.25) is 0 Å². The minimum Gasteiger partial charge on any atom is -0.507 e. The first-order chi connectivity index (χ1) is 16.0. The van der Waals surface area contributed by atoms with Crippen molar-refractivity contribution >= 4 is 5.69 Å². The molecule has 0 spiro atoms. The number of aliphatic hydroxyl groups is 1. The molecule has 0 fully saturated rings. The van der Waals surface area contributed by atoms with Gasteiger partial charge in [-0.05, 0) is 58.5 Å². The number of hydrogen-bond acceptors (Lipinski definition) is 5. The molecule has 0 amide bonds. The first-order valence-corrected chi connectivity index (χ1v) is 11.5. The Morgan fingerprint density at radius 2 is 1.26 bits per heavy atom. The Labute approximate surface area is 202 Å². The molecule has 0 radical (unpaired) electrons. The van der Waals surface area contributed by atoms with Gasteiger partial charge in [-0.3, -0.25) is 0 Å². The first-order valence-electron chi connectivity index (χ1n) is 11.5. The number of nitroso groups, excluding NO2 is 1. The van der Waals surface area contributed by atoms with Gasteiger partial charge in [0.05, 0.1) is 13.2 Å². The number of methoxy groups -OCH3 is 1. The molecule has 3 aromatic rings. The van der Waals surface area contributed by atoms with Gasteiger partial charge in [0.15, 0.2) is 0 Å². The van der Waals surface area contributed by atoms with Crippen molar-refractivity contribution in [1.29, 1.82) is 0 Å². The van der Waals surface area contributed by atoms with Crippen molar-refractivity contribution in [3.05, 3.63) is 97.9 Å². The van der Waals surface area contributed by atoms with Gasteiger partial charge >= 0.3 is 0 Å². The lowest BCUT2D eigenvalue weighted by Gasteiger charge is -2.30. The maximum absolute atomic E-state index is 11.3. The average Bonchev–Trinajstić information content (AvgIpc) is 2.80. The minimum absolute atomic E-state index is 0.151. The molecule has 0 aliphatic heterocycles. The highest BCUT2D eigenvalue weighted by molar-refractivity contribution is 5.57. The lowest BCUT2D eigenvalue weighted by Crippen LogP contribution is -2.22. The molecule has 5 heteroatoms. The third kappa shape index (κ3) is 4.63. The number of aliphatic hydroxyl groups excluding tert-OH is 1. The molecule has 180 valence electrons. The summed E-state index contributed by atoms with van der Waals surface area (Å²) < 4.78 is 5.30. The van der Waals surface area contributed by atoms with Gasteiger partial charge in [-0.2, -0.15) is 0 Å². The van der Waals surface area contributed by atoms with Gasteiger partial charge in [-0.15, -0.1) is 4.91 Å². The maximum Gasteiger partial charge on any atom is 0.124 e. The summed E-state index contributed by atoms with van der Waals surface area (Å²) in [5.74, 6) is 0.151. The molecule has 0 aliphatic rings. The molecule has 0 unspecified atom stereocenters. The van der Waals surface area contributed by atoms with E-state index in [0.717, 1.165) is 38.9 Å². The van der Waals surface area contributed by atoms with Crippen LogP contribution in [0.15, 0.2) is 53.7 Å². The molecule has 0 saturated heterocycles. The van der Waals surface area contributed by atoms with Crippen LogP contribution >= 0.6 is 0 Å². The summed E-state index contributed by atoms with van der Waals surface area (Å²) in [6, 6.07) is 16.5. The molecular weight excluding hydrogens is 426 g/mol. The number of phenols is 1. The molecular formula is C29H35NO4. The van der Waals surface area contributed by atoms with Crippen molar-refractivity contribution < 1.29 is 14.9 Å². The van der Waals surface area contributed by atoms with Gasteiger partial charge in [-0.25, -0.2) is 0 Å². The molecule has 0 aliphatic carbocycles. The van der Waals surface area contributed by atoms with Crippen molar-refractivity contribution in [3.63, 3.8) is 0 Å². The summed E-state index contributed by atoms with van der Waals surface area (Å²) in [6.07, 6.45) is 0. The van der Waals surface area contributed by atoms with Crippen LogP contribution in [0.3, 0.4) is 0 Å². The van der Waals surface area contributed by atoms with E-state index in [1.165, 1.54) is 0 Å². The Bertz CT molecular complexity index is 1190. The van der Waals surface area contributed by atoms with Gasteiger partial charge in [0.1, 0.15) is 11.4 Å². The fourth-order valence-electron chi connectivity index (χ4n) is 4.58. The Hall–Kier alpha value is -3.02. The van der Waals surface area contributed by atoms with E-state index in [1.807, 2.05) is 38.1 Å². The predicted octanol–water partition coefficient (Wildman–Crippen LogP) is 6.70. The number of nitrogens with zero attached hydrogens (tertiary/aromatic N) is 1. The van der Waals surface area contributed by atoms with Crippen molar-refractivity contribution in [2.45, 2.75) is 65.6 Å². The second-order valence-electron chi connectivity index (χ2n) is 10.1. The van der Waals surface area contributed by atoms with E-state index in [9.17, 15) is 15.1 Å². The topological polar surface area (TPSA) is 79.1 Å². The molecule has 3 aromatic carbocycles. The Morgan fingerprint density at radius 3 is 1.71 bits per heavy atom. The summed E-state index contributed by atoms with van der Waals surface area (Å²) >= 11 is 0. The normalized spacial score (nSPS) is 12.1. The van der Waals surface area contributed by atoms with Crippen LogP contribution in [-0.4, -0.2) is 17.3 Å². The monoisotopic (exact) mass is 461 g/mol. The summed E-state index contributed by atoms with van der Waals surface area (Å²) in [5, 5.41) is 23.1. The van der Waals surface area contributed by atoms with E-state index < -0.39 is 0 Å². The van der Waals surface area contributed by atoms with Crippen LogP contribution < -0.4 is 0 Å². The zero-order valence-electron chi connectivity index (χ0n) is 21.2. The molecule has 0 saturated carbocycles. The number of aromatic hydroxyl groups is 1. The Balaban J connectivity index is 2.01. The van der Waals surface area contributed by atoms with Crippen LogP contribution in [0.5, 0.6) is 5.75 Å². The Morgan fingerprint density at radius 1 is 0.794 bits per heavy atom. The van der Waals surface area contributed by atoms with E-state index >= 15 is 0 Å². The molecule has 5 nitrogen and oxygen atoms in total. The van der Waals surface area contributed by atoms with Gasteiger partial charge in [-0.1, -0.05) is 70.2 Å². The van der Waals surface area contributed by atoms with Crippen LogP contribution in [0, 0.1) is 18.8 Å². The molecule has 0 heterocycles. The second kappa shape index (κ2) is 9.69. The van der Waals surface area contributed by atoms with Crippen LogP contribution in [0.4, 0.5) is 5.69 Å². The quantitative estimate of drug-likeness (QED) is 0.366. The number of aryl methyl sites for hydroxylation is 2. The minimum atomic E-state index is -0.315. The van der Waals surface area contributed by atoms with Crippen molar-refractivity contribution in [2.24, 2.45) is 5.18 Å². The van der Waals surface area contributed by atoms with Crippen LogP contribution in [-0.2, 0) is 28.8 Å². The largest absolute Gasteiger partial charge is 0.507 e. The average molecular weight is 462 g/mol. The van der Waals surface area contributed by atoms with Gasteiger partial charge < -0.3 is 14.9 Å². The smallest absolute Gasteiger partial charge is 0.124 e. The highest BCUT2D eigenvalue weighted by Crippen LogP contribution is 2.39. The standard InChI is InChI=1S/C29H35NO4/c1-18-12-24(15-21(17-34-7)26(18)30-33)28(3,4)22-8-10-23(11-9-22)29(5,6)25-13-19(2)27(32)20(14-25)16-31/h8-15,31-32H,16-17H2,1-7H3. The molecule has 2 N–H and O–H groups in total. The zero-order valence-corrected chi connectivity index (χ0v) is 21.2. The number of hydrogen-bond donors (Lipinski definition) is 2. The lowest BCUT2D eigenvalue weighted by molar-refractivity contribution is 0.185. The summed E-state index contributed by atoms with van der Waals surface area (Å²) in [5.41, 5.74) is 7.19. The fraction of sp³-hybridized carbons (Fsp3) is 0.379. The highest BCUT2D eigenvalue weighted by atomic mass is 16.5. The van der Waals surface area contributed by atoms with E-state index in [1.54, 1.807) is 7.11 Å². The van der Waals surface area contributed by atoms with E-state index in [2.05, 4.69) is 57.1 Å². The lowest BCUT2D eigenvalue weighted by atomic mass is 9.73.